The maximum Gasteiger partial charge on any atom is 0.160 e. The summed E-state index contributed by atoms with van der Waals surface area (Å²) in [7, 11) is 2.09. The highest BCUT2D eigenvalue weighted by molar-refractivity contribution is 5.98. The quantitative estimate of drug-likeness (QED) is 0.252. The molecule has 1 atom stereocenters. The summed E-state index contributed by atoms with van der Waals surface area (Å²) < 4.78 is 8.49. The number of rotatable bonds is 8. The molecule has 0 radical (unpaired) electrons. The summed E-state index contributed by atoms with van der Waals surface area (Å²) in [5, 5.41) is 1.31. The highest BCUT2D eigenvalue weighted by Crippen LogP contribution is 2.35. The van der Waals surface area contributed by atoms with Gasteiger partial charge in [0.1, 0.15) is 11.5 Å². The van der Waals surface area contributed by atoms with E-state index in [4.69, 9.17) is 4.74 Å². The van der Waals surface area contributed by atoms with Crippen LogP contribution in [0, 0.1) is 0 Å². The molecule has 0 fully saturated rings. The molecule has 0 saturated heterocycles. The zero-order valence-electron chi connectivity index (χ0n) is 20.7. The molecule has 0 aliphatic heterocycles. The fraction of sp³-hybridized carbons (Fsp3) is 0.281. The molecule has 0 amide bonds. The van der Waals surface area contributed by atoms with Gasteiger partial charge in [0.15, 0.2) is 5.78 Å². The normalized spacial score (nSPS) is 15.5. The van der Waals surface area contributed by atoms with Gasteiger partial charge in [-0.2, -0.15) is 0 Å². The van der Waals surface area contributed by atoms with Crippen molar-refractivity contribution >= 4 is 22.4 Å². The summed E-state index contributed by atoms with van der Waals surface area (Å²) in [4.78, 5) is 12.6. The highest BCUT2D eigenvalue weighted by Gasteiger charge is 2.23. The third-order valence-electron chi connectivity index (χ3n) is 7.16. The zero-order chi connectivity index (χ0) is 24.2. The Morgan fingerprint density at radius 1 is 0.914 bits per heavy atom. The van der Waals surface area contributed by atoms with Gasteiger partial charge in [-0.3, -0.25) is 4.79 Å². The van der Waals surface area contributed by atoms with E-state index in [0.29, 0.717) is 12.2 Å². The fourth-order valence-electron chi connectivity index (χ4n) is 5.20. The SMILES string of the molecule is CC[C@H]1CC(=O)C=C(Oc2cccc(CCCCc3ccc4c(ccn4C)c3)c2)c2ccccc21. The van der Waals surface area contributed by atoms with Crippen LogP contribution in [0.15, 0.2) is 85.1 Å². The monoisotopic (exact) mass is 463 g/mol. The summed E-state index contributed by atoms with van der Waals surface area (Å²) in [6.45, 7) is 2.14. The van der Waals surface area contributed by atoms with Crippen molar-refractivity contribution in [3.63, 3.8) is 0 Å². The maximum atomic E-state index is 12.6. The molecule has 1 aliphatic rings. The van der Waals surface area contributed by atoms with E-state index in [1.807, 2.05) is 24.3 Å². The molecule has 0 spiro atoms. The summed E-state index contributed by atoms with van der Waals surface area (Å²) in [6, 6.07) is 25.5. The Morgan fingerprint density at radius 3 is 2.54 bits per heavy atom. The smallest absolute Gasteiger partial charge is 0.160 e. The van der Waals surface area contributed by atoms with E-state index >= 15 is 0 Å². The topological polar surface area (TPSA) is 31.2 Å². The van der Waals surface area contributed by atoms with Crippen LogP contribution < -0.4 is 4.74 Å². The molecule has 1 heterocycles. The molecule has 178 valence electrons. The lowest BCUT2D eigenvalue weighted by Gasteiger charge is -2.17. The van der Waals surface area contributed by atoms with Crippen LogP contribution in [0.1, 0.15) is 60.8 Å². The number of unbranched alkanes of at least 4 members (excludes halogenated alkanes) is 1. The minimum Gasteiger partial charge on any atom is -0.457 e. The fourth-order valence-corrected chi connectivity index (χ4v) is 5.20. The van der Waals surface area contributed by atoms with E-state index in [1.54, 1.807) is 6.08 Å². The number of ketones is 1. The van der Waals surface area contributed by atoms with Gasteiger partial charge in [0.25, 0.3) is 0 Å². The summed E-state index contributed by atoms with van der Waals surface area (Å²) in [6.07, 6.45) is 9.65. The molecule has 0 N–H and O–H groups in total. The second-order valence-electron chi connectivity index (χ2n) is 9.65. The van der Waals surface area contributed by atoms with Crippen molar-refractivity contribution in [1.29, 1.82) is 0 Å². The number of hydrogen-bond donors (Lipinski definition) is 0. The third-order valence-corrected chi connectivity index (χ3v) is 7.16. The summed E-state index contributed by atoms with van der Waals surface area (Å²) >= 11 is 0. The number of nitrogens with zero attached hydrogens (tertiary/aromatic N) is 1. The van der Waals surface area contributed by atoms with Crippen molar-refractivity contribution in [2.24, 2.45) is 7.05 Å². The molecule has 1 aliphatic carbocycles. The van der Waals surface area contributed by atoms with Gasteiger partial charge in [0, 0.05) is 36.8 Å². The number of allylic oxidation sites excluding steroid dienone is 1. The van der Waals surface area contributed by atoms with Crippen LogP contribution >= 0.6 is 0 Å². The highest BCUT2D eigenvalue weighted by atomic mass is 16.5. The maximum absolute atomic E-state index is 12.6. The lowest BCUT2D eigenvalue weighted by atomic mass is 9.90. The lowest BCUT2D eigenvalue weighted by Crippen LogP contribution is -2.03. The summed E-state index contributed by atoms with van der Waals surface area (Å²) in [5.41, 5.74) is 6.18. The average Bonchev–Trinajstić information content (AvgIpc) is 3.18. The molecule has 3 aromatic carbocycles. The largest absolute Gasteiger partial charge is 0.457 e. The number of benzene rings is 3. The predicted molar refractivity (Wildman–Crippen MR) is 144 cm³/mol. The van der Waals surface area contributed by atoms with Crippen molar-refractivity contribution in [3.8, 4) is 5.75 Å². The van der Waals surface area contributed by atoms with Crippen molar-refractivity contribution in [1.82, 2.24) is 4.57 Å². The van der Waals surface area contributed by atoms with E-state index in [1.165, 1.54) is 27.6 Å². The number of aryl methyl sites for hydroxylation is 3. The van der Waals surface area contributed by atoms with Crippen LogP contribution in [0.3, 0.4) is 0 Å². The Kier molecular flexibility index (Phi) is 6.85. The first-order valence-electron chi connectivity index (χ1n) is 12.8. The van der Waals surface area contributed by atoms with E-state index < -0.39 is 0 Å². The van der Waals surface area contributed by atoms with E-state index in [0.717, 1.165) is 43.4 Å². The van der Waals surface area contributed by atoms with Gasteiger partial charge in [0.05, 0.1) is 0 Å². The molecule has 3 heteroatoms. The minimum absolute atomic E-state index is 0.132. The lowest BCUT2D eigenvalue weighted by molar-refractivity contribution is -0.114. The predicted octanol–water partition coefficient (Wildman–Crippen LogP) is 7.63. The Morgan fingerprint density at radius 2 is 1.71 bits per heavy atom. The Bertz CT molecular complexity index is 1380. The van der Waals surface area contributed by atoms with Crippen LogP contribution in [-0.2, 0) is 24.7 Å². The molecular formula is C32H33NO2. The second kappa shape index (κ2) is 10.4. The first-order valence-corrected chi connectivity index (χ1v) is 12.8. The number of hydrogen-bond acceptors (Lipinski definition) is 2. The van der Waals surface area contributed by atoms with Crippen LogP contribution in [0.4, 0.5) is 0 Å². The van der Waals surface area contributed by atoms with Gasteiger partial charge in [-0.05, 0) is 90.4 Å². The van der Waals surface area contributed by atoms with Gasteiger partial charge in [-0.1, -0.05) is 49.4 Å². The third kappa shape index (κ3) is 5.24. The second-order valence-corrected chi connectivity index (χ2v) is 9.65. The minimum atomic E-state index is 0.132. The Hall–Kier alpha value is -3.59. The number of carbonyl (C=O) groups excluding carboxylic acids is 1. The van der Waals surface area contributed by atoms with E-state index in [-0.39, 0.29) is 11.7 Å². The van der Waals surface area contributed by atoms with E-state index in [9.17, 15) is 4.79 Å². The van der Waals surface area contributed by atoms with Gasteiger partial charge in [0.2, 0.25) is 0 Å². The first kappa shape index (κ1) is 23.2. The number of fused-ring (bicyclic) bond motifs is 2. The Labute approximate surface area is 208 Å². The van der Waals surface area contributed by atoms with Crippen molar-refractivity contribution in [2.45, 2.75) is 51.4 Å². The van der Waals surface area contributed by atoms with Crippen LogP contribution in [0.2, 0.25) is 0 Å². The van der Waals surface area contributed by atoms with Crippen molar-refractivity contribution in [2.75, 3.05) is 0 Å². The van der Waals surface area contributed by atoms with Crippen LogP contribution in [0.25, 0.3) is 16.7 Å². The molecule has 0 saturated carbocycles. The molecular weight excluding hydrogens is 430 g/mol. The van der Waals surface area contributed by atoms with Gasteiger partial charge in [-0.25, -0.2) is 0 Å². The molecule has 4 aromatic rings. The van der Waals surface area contributed by atoms with Gasteiger partial charge < -0.3 is 9.30 Å². The number of ether oxygens (including phenoxy) is 1. The average molecular weight is 464 g/mol. The van der Waals surface area contributed by atoms with Gasteiger partial charge in [-0.15, -0.1) is 0 Å². The van der Waals surface area contributed by atoms with E-state index in [2.05, 4.69) is 73.3 Å². The molecule has 0 unspecified atom stereocenters. The molecule has 5 rings (SSSR count). The zero-order valence-corrected chi connectivity index (χ0v) is 20.7. The van der Waals surface area contributed by atoms with Crippen LogP contribution in [-0.4, -0.2) is 10.4 Å². The molecule has 1 aromatic heterocycles. The number of aromatic nitrogens is 1. The molecule has 3 nitrogen and oxygen atoms in total. The first-order chi connectivity index (χ1) is 17.1. The molecule has 35 heavy (non-hydrogen) atoms. The Balaban J connectivity index is 1.23. The van der Waals surface area contributed by atoms with Gasteiger partial charge >= 0.3 is 0 Å². The summed E-state index contributed by atoms with van der Waals surface area (Å²) in [5.74, 6) is 1.83. The number of carbonyl (C=O) groups is 1. The molecule has 0 bridgehead atoms. The van der Waals surface area contributed by atoms with Crippen molar-refractivity contribution in [3.05, 3.63) is 107 Å². The standard InChI is InChI=1S/C32H33NO2/c1-3-25-21-27(34)22-32(30-14-7-6-13-29(25)30)35-28-12-8-11-23(20-28)9-4-5-10-24-15-16-31-26(19-24)17-18-33(31)2/h6-8,11-20,22,25H,3-5,9-10,21H2,1-2H3/t25-/m0/s1. The van der Waals surface area contributed by atoms with Crippen LogP contribution in [0.5, 0.6) is 5.75 Å². The van der Waals surface area contributed by atoms with Crippen molar-refractivity contribution < 1.29 is 9.53 Å².